The van der Waals surface area contributed by atoms with E-state index in [-0.39, 0.29) is 6.61 Å². The van der Waals surface area contributed by atoms with Crippen molar-refractivity contribution >= 4 is 17.0 Å². The van der Waals surface area contributed by atoms with E-state index in [0.29, 0.717) is 17.4 Å². The van der Waals surface area contributed by atoms with Crippen molar-refractivity contribution in [2.45, 2.75) is 38.6 Å². The number of carboxylic acids is 1. The fraction of sp³-hybridized carbons (Fsp3) is 0.500. The molecule has 2 aromatic rings. The van der Waals surface area contributed by atoms with Crippen LogP contribution in [0.4, 0.5) is 0 Å². The van der Waals surface area contributed by atoms with E-state index >= 15 is 0 Å². The Hall–Kier alpha value is -1.88. The van der Waals surface area contributed by atoms with Crippen molar-refractivity contribution in [2.75, 3.05) is 6.61 Å². The minimum Gasteiger partial charge on any atom is -0.478 e. The zero-order chi connectivity index (χ0) is 15.0. The van der Waals surface area contributed by atoms with E-state index in [1.165, 1.54) is 0 Å². The van der Waals surface area contributed by atoms with Crippen LogP contribution >= 0.6 is 0 Å². The predicted molar refractivity (Wildman–Crippen MR) is 79.5 cm³/mol. The minimum absolute atomic E-state index is 0.174. The van der Waals surface area contributed by atoms with Crippen molar-refractivity contribution in [3.05, 3.63) is 29.6 Å². The molecule has 112 valence electrons. The monoisotopic (exact) mass is 288 g/mol. The Morgan fingerprint density at radius 2 is 2.24 bits per heavy atom. The Kier molecular flexibility index (Phi) is 3.68. The zero-order valence-corrected chi connectivity index (χ0v) is 12.1. The maximum absolute atomic E-state index is 11.2. The SMILES string of the molecule is CC(CCO)Cn1c(C2CC2)nc2ccc(C(=O)O)cc21. The Labute approximate surface area is 123 Å². The molecule has 1 unspecified atom stereocenters. The number of hydrogen-bond donors (Lipinski definition) is 2. The largest absolute Gasteiger partial charge is 0.478 e. The number of hydrogen-bond acceptors (Lipinski definition) is 3. The van der Waals surface area contributed by atoms with Crippen LogP contribution in [-0.2, 0) is 6.54 Å². The third-order valence-corrected chi connectivity index (χ3v) is 4.08. The number of imidazole rings is 1. The van der Waals surface area contributed by atoms with E-state index in [0.717, 1.165) is 42.7 Å². The summed E-state index contributed by atoms with van der Waals surface area (Å²) in [7, 11) is 0. The topological polar surface area (TPSA) is 75.3 Å². The van der Waals surface area contributed by atoms with Gasteiger partial charge < -0.3 is 14.8 Å². The molecule has 1 aliphatic carbocycles. The second-order valence-electron chi connectivity index (χ2n) is 5.98. The number of carboxylic acid groups (broad SMARTS) is 1. The van der Waals surface area contributed by atoms with Gasteiger partial charge >= 0.3 is 5.97 Å². The van der Waals surface area contributed by atoms with Gasteiger partial charge in [-0.05, 0) is 43.4 Å². The van der Waals surface area contributed by atoms with Crippen LogP contribution in [0.25, 0.3) is 11.0 Å². The molecule has 0 bridgehead atoms. The van der Waals surface area contributed by atoms with Gasteiger partial charge in [-0.15, -0.1) is 0 Å². The minimum atomic E-state index is -0.916. The van der Waals surface area contributed by atoms with Crippen LogP contribution in [0, 0.1) is 5.92 Å². The quantitative estimate of drug-likeness (QED) is 0.856. The lowest BCUT2D eigenvalue weighted by atomic mass is 10.1. The van der Waals surface area contributed by atoms with Crippen LogP contribution in [0.3, 0.4) is 0 Å². The maximum Gasteiger partial charge on any atom is 0.335 e. The zero-order valence-electron chi connectivity index (χ0n) is 12.1. The average molecular weight is 288 g/mol. The molecular formula is C16H20N2O3. The molecule has 1 atom stereocenters. The van der Waals surface area contributed by atoms with Crippen LogP contribution in [0.5, 0.6) is 0 Å². The summed E-state index contributed by atoms with van der Waals surface area (Å²) in [6.07, 6.45) is 3.05. The van der Waals surface area contributed by atoms with Crippen molar-refractivity contribution < 1.29 is 15.0 Å². The van der Waals surface area contributed by atoms with Crippen molar-refractivity contribution in [3.8, 4) is 0 Å². The van der Waals surface area contributed by atoms with Gasteiger partial charge in [0.15, 0.2) is 0 Å². The molecule has 0 aliphatic heterocycles. The highest BCUT2D eigenvalue weighted by Gasteiger charge is 2.30. The fourth-order valence-corrected chi connectivity index (χ4v) is 2.74. The molecule has 1 aromatic heterocycles. The third-order valence-electron chi connectivity index (χ3n) is 4.08. The molecular weight excluding hydrogens is 268 g/mol. The van der Waals surface area contributed by atoms with E-state index in [2.05, 4.69) is 11.5 Å². The highest BCUT2D eigenvalue weighted by atomic mass is 16.4. The molecule has 0 amide bonds. The molecule has 1 fully saturated rings. The van der Waals surface area contributed by atoms with Crippen molar-refractivity contribution in [2.24, 2.45) is 5.92 Å². The van der Waals surface area contributed by atoms with Crippen LogP contribution in [-0.4, -0.2) is 32.3 Å². The number of aromatic nitrogens is 2. The van der Waals surface area contributed by atoms with Crippen molar-refractivity contribution in [1.82, 2.24) is 9.55 Å². The number of rotatable bonds is 6. The van der Waals surface area contributed by atoms with Gasteiger partial charge in [-0.25, -0.2) is 9.78 Å². The molecule has 1 saturated carbocycles. The highest BCUT2D eigenvalue weighted by molar-refractivity contribution is 5.92. The number of benzene rings is 1. The van der Waals surface area contributed by atoms with E-state index in [1.807, 2.05) is 0 Å². The van der Waals surface area contributed by atoms with Gasteiger partial charge in [0, 0.05) is 19.1 Å². The Bertz CT molecular complexity index is 673. The maximum atomic E-state index is 11.2. The number of aliphatic hydroxyl groups is 1. The van der Waals surface area contributed by atoms with Crippen LogP contribution in [0.1, 0.15) is 48.3 Å². The first kappa shape index (κ1) is 14.1. The van der Waals surface area contributed by atoms with E-state index < -0.39 is 5.97 Å². The Balaban J connectivity index is 2.05. The summed E-state index contributed by atoms with van der Waals surface area (Å²) in [5, 5.41) is 18.3. The second-order valence-corrected chi connectivity index (χ2v) is 5.98. The van der Waals surface area contributed by atoms with E-state index in [4.69, 9.17) is 15.2 Å². The molecule has 5 nitrogen and oxygen atoms in total. The Morgan fingerprint density at radius 3 is 2.86 bits per heavy atom. The van der Waals surface area contributed by atoms with Gasteiger partial charge in [0.1, 0.15) is 5.82 Å². The molecule has 1 aromatic carbocycles. The van der Waals surface area contributed by atoms with Gasteiger partial charge in [-0.3, -0.25) is 0 Å². The molecule has 1 aliphatic rings. The molecule has 1 heterocycles. The molecule has 21 heavy (non-hydrogen) atoms. The first-order valence-electron chi connectivity index (χ1n) is 7.44. The third kappa shape index (κ3) is 2.78. The number of nitrogens with zero attached hydrogens (tertiary/aromatic N) is 2. The fourth-order valence-electron chi connectivity index (χ4n) is 2.74. The van der Waals surface area contributed by atoms with E-state index in [1.54, 1.807) is 18.2 Å². The van der Waals surface area contributed by atoms with Gasteiger partial charge in [-0.2, -0.15) is 0 Å². The van der Waals surface area contributed by atoms with Crippen LogP contribution in [0.2, 0.25) is 0 Å². The smallest absolute Gasteiger partial charge is 0.335 e. The lowest BCUT2D eigenvalue weighted by molar-refractivity contribution is 0.0697. The normalized spacial score (nSPS) is 16.3. The second kappa shape index (κ2) is 5.48. The lowest BCUT2D eigenvalue weighted by Gasteiger charge is -2.14. The summed E-state index contributed by atoms with van der Waals surface area (Å²) in [6.45, 7) is 3.04. The highest BCUT2D eigenvalue weighted by Crippen LogP contribution is 2.41. The molecule has 5 heteroatoms. The number of carbonyl (C=O) groups is 1. The molecule has 0 spiro atoms. The van der Waals surface area contributed by atoms with Gasteiger partial charge in [0.05, 0.1) is 16.6 Å². The number of aromatic carboxylic acids is 1. The lowest BCUT2D eigenvalue weighted by Crippen LogP contribution is -2.12. The summed E-state index contributed by atoms with van der Waals surface area (Å²) >= 11 is 0. The van der Waals surface area contributed by atoms with Crippen molar-refractivity contribution in [1.29, 1.82) is 0 Å². The molecule has 2 N–H and O–H groups in total. The Morgan fingerprint density at radius 1 is 1.48 bits per heavy atom. The van der Waals surface area contributed by atoms with Gasteiger partial charge in [0.25, 0.3) is 0 Å². The summed E-state index contributed by atoms with van der Waals surface area (Å²) in [5.41, 5.74) is 2.04. The molecule has 0 saturated heterocycles. The van der Waals surface area contributed by atoms with Gasteiger partial charge in [-0.1, -0.05) is 6.92 Å². The summed E-state index contributed by atoms with van der Waals surface area (Å²) in [5.74, 6) is 0.990. The number of fused-ring (bicyclic) bond motifs is 1. The van der Waals surface area contributed by atoms with Crippen molar-refractivity contribution in [3.63, 3.8) is 0 Å². The van der Waals surface area contributed by atoms with Gasteiger partial charge in [0.2, 0.25) is 0 Å². The first-order valence-corrected chi connectivity index (χ1v) is 7.44. The summed E-state index contributed by atoms with van der Waals surface area (Å²) < 4.78 is 2.15. The summed E-state index contributed by atoms with van der Waals surface area (Å²) in [4.78, 5) is 15.9. The average Bonchev–Trinajstić information content (AvgIpc) is 3.23. The standard InChI is InChI=1S/C16H20N2O3/c1-10(6-7-19)9-18-14-8-12(16(20)21)4-5-13(14)17-15(18)11-2-3-11/h4-5,8,10-11,19H,2-3,6-7,9H2,1H3,(H,20,21). The first-order chi connectivity index (χ1) is 10.1. The number of aliphatic hydroxyl groups excluding tert-OH is 1. The van der Waals surface area contributed by atoms with Crippen LogP contribution in [0.15, 0.2) is 18.2 Å². The van der Waals surface area contributed by atoms with Crippen LogP contribution < -0.4 is 0 Å². The molecule has 3 rings (SSSR count). The predicted octanol–water partition coefficient (Wildman–Crippen LogP) is 2.63. The summed E-state index contributed by atoms with van der Waals surface area (Å²) in [6, 6.07) is 5.11. The van der Waals surface area contributed by atoms with E-state index in [9.17, 15) is 4.79 Å². The molecule has 0 radical (unpaired) electrons.